The van der Waals surface area contributed by atoms with Crippen molar-refractivity contribution < 1.29 is 9.59 Å². The minimum Gasteiger partial charge on any atom is -0.398 e. The Hall–Kier alpha value is -2.82. The van der Waals surface area contributed by atoms with Gasteiger partial charge in [0.25, 0.3) is 11.8 Å². The summed E-state index contributed by atoms with van der Waals surface area (Å²) in [5.41, 5.74) is 8.13. The van der Waals surface area contributed by atoms with Crippen LogP contribution in [0.2, 0.25) is 0 Å². The number of nitrogen functional groups attached to an aromatic ring is 1. The van der Waals surface area contributed by atoms with Crippen molar-refractivity contribution >= 4 is 17.5 Å². The van der Waals surface area contributed by atoms with Gasteiger partial charge in [-0.15, -0.1) is 0 Å². The molecule has 0 aromatic heterocycles. The van der Waals surface area contributed by atoms with Gasteiger partial charge in [-0.25, -0.2) is 0 Å². The van der Waals surface area contributed by atoms with E-state index in [0.717, 1.165) is 12.0 Å². The first-order chi connectivity index (χ1) is 11.5. The van der Waals surface area contributed by atoms with Crippen LogP contribution in [0.3, 0.4) is 0 Å². The fraction of sp³-hybridized carbons (Fsp3) is 0.263. The molecule has 0 spiro atoms. The van der Waals surface area contributed by atoms with Crippen LogP contribution in [0.25, 0.3) is 0 Å². The molecule has 2 amide bonds. The number of rotatable bonds is 6. The molecule has 1 unspecified atom stereocenters. The molecule has 5 heteroatoms. The second-order valence-electron chi connectivity index (χ2n) is 5.75. The van der Waals surface area contributed by atoms with E-state index in [1.807, 2.05) is 26.0 Å². The van der Waals surface area contributed by atoms with Crippen LogP contribution in [0.5, 0.6) is 0 Å². The summed E-state index contributed by atoms with van der Waals surface area (Å²) in [6.45, 7) is 4.32. The van der Waals surface area contributed by atoms with Gasteiger partial charge < -0.3 is 16.4 Å². The third kappa shape index (κ3) is 4.59. The molecule has 2 aromatic rings. The summed E-state index contributed by atoms with van der Waals surface area (Å²) < 4.78 is 0. The first-order valence-electron chi connectivity index (χ1n) is 8.03. The number of carbonyl (C=O) groups excluding carboxylic acids is 2. The van der Waals surface area contributed by atoms with Crippen LogP contribution in [-0.2, 0) is 6.54 Å². The summed E-state index contributed by atoms with van der Waals surface area (Å²) in [6.07, 6.45) is 0.875. The van der Waals surface area contributed by atoms with Crippen molar-refractivity contribution in [3.8, 4) is 0 Å². The second-order valence-corrected chi connectivity index (χ2v) is 5.75. The van der Waals surface area contributed by atoms with E-state index < -0.39 is 0 Å². The molecule has 0 radical (unpaired) electrons. The lowest BCUT2D eigenvalue weighted by atomic mass is 10.1. The Balaban J connectivity index is 2.01. The fourth-order valence-electron chi connectivity index (χ4n) is 2.21. The molecule has 1 atom stereocenters. The van der Waals surface area contributed by atoms with Gasteiger partial charge in [-0.05, 0) is 43.2 Å². The van der Waals surface area contributed by atoms with Crippen molar-refractivity contribution in [2.24, 2.45) is 0 Å². The number of hydrogen-bond donors (Lipinski definition) is 3. The third-order valence-electron chi connectivity index (χ3n) is 3.84. The van der Waals surface area contributed by atoms with Gasteiger partial charge in [-0.3, -0.25) is 9.59 Å². The summed E-state index contributed by atoms with van der Waals surface area (Å²) in [6, 6.07) is 14.3. The van der Waals surface area contributed by atoms with Crippen LogP contribution < -0.4 is 16.4 Å². The highest BCUT2D eigenvalue weighted by Gasteiger charge is 2.11. The topological polar surface area (TPSA) is 84.2 Å². The van der Waals surface area contributed by atoms with Crippen LogP contribution >= 0.6 is 0 Å². The highest BCUT2D eigenvalue weighted by atomic mass is 16.2. The lowest BCUT2D eigenvalue weighted by molar-refractivity contribution is 0.0936. The van der Waals surface area contributed by atoms with Gasteiger partial charge in [-0.2, -0.15) is 0 Å². The number of hydrogen-bond acceptors (Lipinski definition) is 3. The summed E-state index contributed by atoms with van der Waals surface area (Å²) in [7, 11) is 0. The third-order valence-corrected chi connectivity index (χ3v) is 3.84. The lowest BCUT2D eigenvalue weighted by Crippen LogP contribution is -2.32. The van der Waals surface area contributed by atoms with Crippen molar-refractivity contribution in [1.29, 1.82) is 0 Å². The highest BCUT2D eigenvalue weighted by Crippen LogP contribution is 2.11. The first kappa shape index (κ1) is 17.5. The number of carbonyl (C=O) groups is 2. The van der Waals surface area contributed by atoms with E-state index in [1.54, 1.807) is 36.4 Å². The molecule has 2 aromatic carbocycles. The SMILES string of the molecule is CCC(C)NC(=O)c1cccc(CNC(=O)c2ccccc2N)c1. The van der Waals surface area contributed by atoms with Gasteiger partial charge in [-0.1, -0.05) is 31.2 Å². The normalized spacial score (nSPS) is 11.6. The predicted molar refractivity (Wildman–Crippen MR) is 95.7 cm³/mol. The largest absolute Gasteiger partial charge is 0.398 e. The molecule has 4 N–H and O–H groups in total. The quantitative estimate of drug-likeness (QED) is 0.714. The van der Waals surface area contributed by atoms with E-state index in [-0.39, 0.29) is 17.9 Å². The monoisotopic (exact) mass is 325 g/mol. The van der Waals surface area contributed by atoms with Crippen molar-refractivity contribution in [3.05, 3.63) is 65.2 Å². The Morgan fingerprint density at radius 3 is 2.54 bits per heavy atom. The molecule has 0 aliphatic heterocycles. The first-order valence-corrected chi connectivity index (χ1v) is 8.03. The molecule has 5 nitrogen and oxygen atoms in total. The molecule has 24 heavy (non-hydrogen) atoms. The lowest BCUT2D eigenvalue weighted by Gasteiger charge is -2.12. The Labute approximate surface area is 142 Å². The standard InChI is InChI=1S/C19H23N3O2/c1-3-13(2)22-18(23)15-8-6-7-14(11-15)12-21-19(24)16-9-4-5-10-17(16)20/h4-11,13H,3,12,20H2,1-2H3,(H,21,24)(H,22,23). The molecule has 0 aliphatic carbocycles. The summed E-state index contributed by atoms with van der Waals surface area (Å²) in [5, 5.41) is 5.75. The number of para-hydroxylation sites is 1. The van der Waals surface area contributed by atoms with Crippen LogP contribution in [0.4, 0.5) is 5.69 Å². The van der Waals surface area contributed by atoms with Crippen molar-refractivity contribution in [2.45, 2.75) is 32.9 Å². The number of nitrogens with two attached hydrogens (primary N) is 1. The molecule has 0 fully saturated rings. The summed E-state index contributed by atoms with van der Waals surface area (Å²) in [5.74, 6) is -0.340. The van der Waals surface area contributed by atoms with Crippen molar-refractivity contribution in [3.63, 3.8) is 0 Å². The number of anilines is 1. The molecule has 2 rings (SSSR count). The van der Waals surface area contributed by atoms with E-state index in [1.165, 1.54) is 0 Å². The zero-order valence-electron chi connectivity index (χ0n) is 14.0. The average molecular weight is 325 g/mol. The number of nitrogens with one attached hydrogen (secondary N) is 2. The zero-order chi connectivity index (χ0) is 17.5. The molecule has 0 heterocycles. The smallest absolute Gasteiger partial charge is 0.253 e. The Kier molecular flexibility index (Phi) is 5.95. The van der Waals surface area contributed by atoms with E-state index in [2.05, 4.69) is 10.6 Å². The van der Waals surface area contributed by atoms with E-state index in [9.17, 15) is 9.59 Å². The number of benzene rings is 2. The molecule has 0 saturated heterocycles. The van der Waals surface area contributed by atoms with Crippen LogP contribution in [0.1, 0.15) is 46.5 Å². The van der Waals surface area contributed by atoms with Gasteiger partial charge in [0.2, 0.25) is 0 Å². The maximum atomic E-state index is 12.2. The maximum absolute atomic E-state index is 12.2. The highest BCUT2D eigenvalue weighted by molar-refractivity contribution is 5.99. The Morgan fingerprint density at radius 1 is 1.08 bits per heavy atom. The van der Waals surface area contributed by atoms with E-state index >= 15 is 0 Å². The van der Waals surface area contributed by atoms with Crippen molar-refractivity contribution in [2.75, 3.05) is 5.73 Å². The zero-order valence-corrected chi connectivity index (χ0v) is 14.0. The Morgan fingerprint density at radius 2 is 1.83 bits per heavy atom. The maximum Gasteiger partial charge on any atom is 0.253 e. The minimum absolute atomic E-state index is 0.107. The predicted octanol–water partition coefficient (Wildman–Crippen LogP) is 2.73. The van der Waals surface area contributed by atoms with Gasteiger partial charge in [0, 0.05) is 23.8 Å². The minimum atomic E-state index is -0.234. The van der Waals surface area contributed by atoms with Crippen LogP contribution in [-0.4, -0.2) is 17.9 Å². The second kappa shape index (κ2) is 8.15. The van der Waals surface area contributed by atoms with Gasteiger partial charge in [0.05, 0.1) is 5.56 Å². The van der Waals surface area contributed by atoms with E-state index in [4.69, 9.17) is 5.73 Å². The molecule has 0 saturated carbocycles. The van der Waals surface area contributed by atoms with Crippen LogP contribution in [0.15, 0.2) is 48.5 Å². The summed E-state index contributed by atoms with van der Waals surface area (Å²) in [4.78, 5) is 24.3. The average Bonchev–Trinajstić information content (AvgIpc) is 2.60. The van der Waals surface area contributed by atoms with Crippen LogP contribution in [0, 0.1) is 0 Å². The Bertz CT molecular complexity index is 728. The molecular formula is C19H23N3O2. The van der Waals surface area contributed by atoms with Gasteiger partial charge in [0.15, 0.2) is 0 Å². The number of amides is 2. The van der Waals surface area contributed by atoms with Gasteiger partial charge in [0.1, 0.15) is 0 Å². The molecular weight excluding hydrogens is 302 g/mol. The summed E-state index contributed by atoms with van der Waals surface area (Å²) >= 11 is 0. The molecule has 126 valence electrons. The van der Waals surface area contributed by atoms with E-state index in [0.29, 0.717) is 23.4 Å². The molecule has 0 bridgehead atoms. The van der Waals surface area contributed by atoms with Gasteiger partial charge >= 0.3 is 0 Å². The fourth-order valence-corrected chi connectivity index (χ4v) is 2.21. The van der Waals surface area contributed by atoms with Crippen molar-refractivity contribution in [1.82, 2.24) is 10.6 Å². The molecule has 0 aliphatic rings.